The van der Waals surface area contributed by atoms with E-state index in [1.165, 1.54) is 5.56 Å². The van der Waals surface area contributed by atoms with Crippen LogP contribution in [0, 0.1) is 17.8 Å². The van der Waals surface area contributed by atoms with Crippen LogP contribution in [0.1, 0.15) is 38.7 Å². The van der Waals surface area contributed by atoms with E-state index in [0.29, 0.717) is 19.4 Å². The molecule has 0 aliphatic carbocycles. The second-order valence-electron chi connectivity index (χ2n) is 9.75. The predicted octanol–water partition coefficient (Wildman–Crippen LogP) is 3.08. The Morgan fingerprint density at radius 1 is 1.21 bits per heavy atom. The molecule has 34 heavy (non-hydrogen) atoms. The predicted molar refractivity (Wildman–Crippen MR) is 132 cm³/mol. The molecule has 1 unspecified atom stereocenters. The lowest BCUT2D eigenvalue weighted by Crippen LogP contribution is -2.58. The van der Waals surface area contributed by atoms with Crippen LogP contribution in [0.5, 0.6) is 0 Å². The van der Waals surface area contributed by atoms with Crippen molar-refractivity contribution in [1.29, 1.82) is 0 Å². The number of hydrogen-bond donors (Lipinski definition) is 2. The first-order chi connectivity index (χ1) is 16.3. The number of hydrogen-bond acceptors (Lipinski definition) is 4. The number of fused-ring (bicyclic) bond motifs is 1. The number of rotatable bonds is 10. The molecule has 1 aromatic carbocycles. The highest BCUT2D eigenvalue weighted by Crippen LogP contribution is 2.26. The van der Waals surface area contributed by atoms with Crippen molar-refractivity contribution < 1.29 is 19.5 Å². The van der Waals surface area contributed by atoms with Crippen molar-refractivity contribution >= 4 is 17.8 Å². The van der Waals surface area contributed by atoms with Gasteiger partial charge in [0.1, 0.15) is 6.04 Å². The molecule has 0 saturated carbocycles. The maximum Gasteiger partial charge on any atom is 0.307 e. The Labute approximate surface area is 202 Å². The van der Waals surface area contributed by atoms with E-state index in [-0.39, 0.29) is 30.2 Å². The normalized spacial score (nSPS) is 22.6. The number of amides is 2. The zero-order valence-electron chi connectivity index (χ0n) is 20.2. The molecule has 0 radical (unpaired) electrons. The van der Waals surface area contributed by atoms with Crippen LogP contribution < -0.4 is 5.32 Å². The fourth-order valence-electron chi connectivity index (χ4n) is 4.94. The van der Waals surface area contributed by atoms with Crippen LogP contribution in [-0.4, -0.2) is 64.4 Å². The van der Waals surface area contributed by atoms with Crippen LogP contribution in [0.15, 0.2) is 55.1 Å². The molecule has 7 heteroatoms. The van der Waals surface area contributed by atoms with E-state index in [2.05, 4.69) is 35.0 Å². The van der Waals surface area contributed by atoms with E-state index >= 15 is 0 Å². The van der Waals surface area contributed by atoms with Crippen LogP contribution in [0.4, 0.5) is 0 Å². The van der Waals surface area contributed by atoms with Gasteiger partial charge in [0, 0.05) is 26.2 Å². The lowest BCUT2D eigenvalue weighted by atomic mass is 9.82. The van der Waals surface area contributed by atoms with Gasteiger partial charge in [0.2, 0.25) is 11.8 Å². The fourth-order valence-corrected chi connectivity index (χ4v) is 4.94. The highest BCUT2D eigenvalue weighted by molar-refractivity contribution is 5.91. The van der Waals surface area contributed by atoms with Crippen molar-refractivity contribution in [3.05, 3.63) is 60.7 Å². The molecule has 2 heterocycles. The highest BCUT2D eigenvalue weighted by Gasteiger charge is 2.38. The average molecular weight is 468 g/mol. The maximum atomic E-state index is 13.4. The molecule has 3 rings (SSSR count). The van der Waals surface area contributed by atoms with Crippen LogP contribution in [0.2, 0.25) is 0 Å². The van der Waals surface area contributed by atoms with Gasteiger partial charge in [0.15, 0.2) is 0 Å². The van der Waals surface area contributed by atoms with Gasteiger partial charge in [-0.2, -0.15) is 0 Å². The number of aliphatic carboxylic acids is 1. The summed E-state index contributed by atoms with van der Waals surface area (Å²) in [6.45, 7) is 10.5. The van der Waals surface area contributed by atoms with Gasteiger partial charge in [-0.25, -0.2) is 0 Å². The Kier molecular flexibility index (Phi) is 9.05. The van der Waals surface area contributed by atoms with E-state index in [0.717, 1.165) is 19.6 Å². The third-order valence-corrected chi connectivity index (χ3v) is 6.67. The Bertz CT molecular complexity index is 898. The van der Waals surface area contributed by atoms with Crippen LogP contribution in [0.3, 0.4) is 0 Å². The van der Waals surface area contributed by atoms with Gasteiger partial charge in [0.05, 0.1) is 17.9 Å². The molecule has 2 aliphatic rings. The van der Waals surface area contributed by atoms with Crippen molar-refractivity contribution in [2.45, 2.75) is 51.7 Å². The SMILES string of the molecule is C=CC[C@H](C(=O)O)[C@H](CC(C)C)C(=O)N[C@H]1CC=CC2CN(Cc3ccccc3)CCN2C1=O. The Morgan fingerprint density at radius 3 is 2.59 bits per heavy atom. The summed E-state index contributed by atoms with van der Waals surface area (Å²) in [5.74, 6) is -2.89. The van der Waals surface area contributed by atoms with Crippen LogP contribution in [0.25, 0.3) is 0 Å². The fraction of sp³-hybridized carbons (Fsp3) is 0.519. The number of nitrogens with zero attached hydrogens (tertiary/aromatic N) is 2. The maximum absolute atomic E-state index is 13.4. The Morgan fingerprint density at radius 2 is 1.94 bits per heavy atom. The molecule has 184 valence electrons. The lowest BCUT2D eigenvalue weighted by molar-refractivity contribution is -0.148. The molecule has 2 aliphatic heterocycles. The van der Waals surface area contributed by atoms with Gasteiger partial charge in [-0.15, -0.1) is 6.58 Å². The van der Waals surface area contributed by atoms with Crippen molar-refractivity contribution in [3.8, 4) is 0 Å². The monoisotopic (exact) mass is 467 g/mol. The first-order valence-electron chi connectivity index (χ1n) is 12.2. The van der Waals surface area contributed by atoms with E-state index in [1.807, 2.05) is 43.0 Å². The van der Waals surface area contributed by atoms with Crippen molar-refractivity contribution in [1.82, 2.24) is 15.1 Å². The van der Waals surface area contributed by atoms with Crippen molar-refractivity contribution in [3.63, 3.8) is 0 Å². The molecule has 2 amide bonds. The number of carboxylic acids is 1. The highest BCUT2D eigenvalue weighted by atomic mass is 16.4. The van der Waals surface area contributed by atoms with Gasteiger partial charge >= 0.3 is 5.97 Å². The number of carbonyl (C=O) groups excluding carboxylic acids is 2. The quantitative estimate of drug-likeness (QED) is 0.516. The number of nitrogens with one attached hydrogen (secondary N) is 1. The molecule has 0 bridgehead atoms. The summed E-state index contributed by atoms with van der Waals surface area (Å²) < 4.78 is 0. The third kappa shape index (κ3) is 6.56. The number of benzene rings is 1. The minimum atomic E-state index is -1.01. The molecule has 2 N–H and O–H groups in total. The third-order valence-electron chi connectivity index (χ3n) is 6.67. The first-order valence-corrected chi connectivity index (χ1v) is 12.2. The van der Waals surface area contributed by atoms with E-state index < -0.39 is 23.8 Å². The molecule has 7 nitrogen and oxygen atoms in total. The summed E-state index contributed by atoms with van der Waals surface area (Å²) >= 11 is 0. The largest absolute Gasteiger partial charge is 0.481 e. The summed E-state index contributed by atoms with van der Waals surface area (Å²) in [6, 6.07) is 9.57. The van der Waals surface area contributed by atoms with Crippen molar-refractivity contribution in [2.24, 2.45) is 17.8 Å². The minimum absolute atomic E-state index is 0.0362. The summed E-state index contributed by atoms with van der Waals surface area (Å²) in [5.41, 5.74) is 1.24. The number of allylic oxidation sites excluding steroid dienone is 1. The van der Waals surface area contributed by atoms with E-state index in [1.54, 1.807) is 6.08 Å². The molecule has 1 fully saturated rings. The van der Waals surface area contributed by atoms with Crippen LogP contribution in [-0.2, 0) is 20.9 Å². The van der Waals surface area contributed by atoms with E-state index in [4.69, 9.17) is 0 Å². The van der Waals surface area contributed by atoms with Gasteiger partial charge in [-0.1, -0.05) is 62.4 Å². The van der Waals surface area contributed by atoms with Crippen LogP contribution >= 0.6 is 0 Å². The Hall–Kier alpha value is -2.93. The second-order valence-corrected chi connectivity index (χ2v) is 9.75. The molecule has 1 saturated heterocycles. The zero-order chi connectivity index (χ0) is 24.7. The standard InChI is InChI=1S/C27H37N3O4/c1-4-9-22(27(33)34)23(16-19(2)3)25(31)28-24-13-8-12-21-18-29(14-15-30(21)26(24)32)17-20-10-6-5-7-11-20/h4-8,10-12,19,21-24H,1,9,13-18H2,2-3H3,(H,28,31)(H,33,34)/t21?,22-,23-,24-/m0/s1. The topological polar surface area (TPSA) is 89.9 Å². The number of carbonyl (C=O) groups is 3. The molecule has 1 aromatic rings. The van der Waals surface area contributed by atoms with Gasteiger partial charge < -0.3 is 15.3 Å². The molecule has 0 spiro atoms. The summed E-state index contributed by atoms with van der Waals surface area (Å²) in [4.78, 5) is 42.7. The number of piperazine rings is 1. The zero-order valence-corrected chi connectivity index (χ0v) is 20.2. The number of carboxylic acid groups (broad SMARTS) is 1. The van der Waals surface area contributed by atoms with Gasteiger partial charge in [-0.3, -0.25) is 19.3 Å². The molecule has 0 aromatic heterocycles. The summed E-state index contributed by atoms with van der Waals surface area (Å²) in [6.07, 6.45) is 6.63. The van der Waals surface area contributed by atoms with Gasteiger partial charge in [0.25, 0.3) is 0 Å². The first kappa shape index (κ1) is 25.7. The summed E-state index contributed by atoms with van der Waals surface area (Å²) in [5, 5.41) is 12.6. The second kappa shape index (κ2) is 12.0. The van der Waals surface area contributed by atoms with Crippen molar-refractivity contribution in [2.75, 3.05) is 19.6 Å². The molecular weight excluding hydrogens is 430 g/mol. The van der Waals surface area contributed by atoms with Gasteiger partial charge in [-0.05, 0) is 30.7 Å². The molecular formula is C27H37N3O4. The Balaban J connectivity index is 1.67. The summed E-state index contributed by atoms with van der Waals surface area (Å²) in [7, 11) is 0. The average Bonchev–Trinajstić information content (AvgIpc) is 2.95. The lowest BCUT2D eigenvalue weighted by Gasteiger charge is -2.40. The molecule has 4 atom stereocenters. The smallest absolute Gasteiger partial charge is 0.307 e. The van der Waals surface area contributed by atoms with E-state index in [9.17, 15) is 19.5 Å². The minimum Gasteiger partial charge on any atom is -0.481 e.